The molecular formula is C19H27N3O2. The second-order valence-electron chi connectivity index (χ2n) is 6.72. The quantitative estimate of drug-likeness (QED) is 0.845. The Morgan fingerprint density at radius 1 is 1.17 bits per heavy atom. The fourth-order valence-electron chi connectivity index (χ4n) is 3.27. The number of hydrogen-bond acceptors (Lipinski definition) is 4. The third-order valence-corrected chi connectivity index (χ3v) is 4.27. The molecule has 0 N–H and O–H groups in total. The van der Waals surface area contributed by atoms with Gasteiger partial charge in [0.1, 0.15) is 0 Å². The normalized spacial score (nSPS) is 16.5. The molecule has 0 amide bonds. The van der Waals surface area contributed by atoms with Gasteiger partial charge in [-0.15, -0.1) is 0 Å². The Morgan fingerprint density at radius 3 is 2.58 bits per heavy atom. The van der Waals surface area contributed by atoms with E-state index >= 15 is 0 Å². The maximum atomic E-state index is 5.59. The first kappa shape index (κ1) is 17.1. The van der Waals surface area contributed by atoms with Gasteiger partial charge >= 0.3 is 0 Å². The van der Waals surface area contributed by atoms with E-state index in [1.165, 1.54) is 5.56 Å². The van der Waals surface area contributed by atoms with Gasteiger partial charge in [0, 0.05) is 24.7 Å². The highest BCUT2D eigenvalue weighted by atomic mass is 16.5. The first-order valence-corrected chi connectivity index (χ1v) is 8.58. The first-order valence-electron chi connectivity index (χ1n) is 8.58. The van der Waals surface area contributed by atoms with Crippen LogP contribution in [0.1, 0.15) is 17.0 Å². The Hall–Kier alpha value is -1.69. The molecule has 1 aromatic carbocycles. The summed E-state index contributed by atoms with van der Waals surface area (Å²) in [6.07, 6.45) is 0. The average Bonchev–Trinajstić information content (AvgIpc) is 2.74. The van der Waals surface area contributed by atoms with E-state index < -0.39 is 0 Å². The Balaban J connectivity index is 1.64. The fraction of sp³-hybridized carbons (Fsp3) is 0.526. The van der Waals surface area contributed by atoms with Crippen LogP contribution in [0.25, 0.3) is 5.69 Å². The summed E-state index contributed by atoms with van der Waals surface area (Å²) >= 11 is 0. The van der Waals surface area contributed by atoms with Crippen molar-refractivity contribution < 1.29 is 9.47 Å². The number of aromatic nitrogens is 2. The minimum absolute atomic E-state index is 0.441. The zero-order valence-corrected chi connectivity index (χ0v) is 14.9. The molecule has 1 saturated heterocycles. The van der Waals surface area contributed by atoms with Crippen molar-refractivity contribution in [3.8, 4) is 5.69 Å². The Morgan fingerprint density at radius 2 is 1.92 bits per heavy atom. The van der Waals surface area contributed by atoms with Gasteiger partial charge in [-0.2, -0.15) is 5.10 Å². The number of hydrogen-bond donors (Lipinski definition) is 0. The van der Waals surface area contributed by atoms with Crippen LogP contribution >= 0.6 is 0 Å². The van der Waals surface area contributed by atoms with Crippen LogP contribution in [-0.2, 0) is 16.0 Å². The number of benzene rings is 1. The van der Waals surface area contributed by atoms with E-state index in [-0.39, 0.29) is 0 Å². The Kier molecular flexibility index (Phi) is 5.66. The maximum absolute atomic E-state index is 5.59. The van der Waals surface area contributed by atoms with Crippen LogP contribution in [0.5, 0.6) is 0 Å². The molecule has 1 fully saturated rings. The van der Waals surface area contributed by atoms with Crippen molar-refractivity contribution in [1.82, 2.24) is 14.7 Å². The van der Waals surface area contributed by atoms with E-state index in [0.717, 1.165) is 43.4 Å². The molecule has 0 unspecified atom stereocenters. The largest absolute Gasteiger partial charge is 0.379 e. The van der Waals surface area contributed by atoms with E-state index in [1.807, 2.05) is 11.6 Å². The third kappa shape index (κ3) is 4.44. The predicted octanol–water partition coefficient (Wildman–Crippen LogP) is 2.58. The van der Waals surface area contributed by atoms with Crippen molar-refractivity contribution in [1.29, 1.82) is 0 Å². The number of aryl methyl sites for hydroxylation is 2. The molecule has 0 aliphatic carbocycles. The zero-order valence-electron chi connectivity index (χ0n) is 14.9. The zero-order chi connectivity index (χ0) is 16.9. The van der Waals surface area contributed by atoms with E-state index in [4.69, 9.17) is 9.47 Å². The average molecular weight is 329 g/mol. The van der Waals surface area contributed by atoms with Crippen molar-refractivity contribution in [2.24, 2.45) is 5.92 Å². The number of ether oxygens (including phenoxy) is 2. The van der Waals surface area contributed by atoms with Crippen molar-refractivity contribution in [3.05, 3.63) is 47.3 Å². The molecule has 0 saturated carbocycles. The summed E-state index contributed by atoms with van der Waals surface area (Å²) in [6.45, 7) is 9.00. The lowest BCUT2D eigenvalue weighted by Crippen LogP contribution is -2.29. The second kappa shape index (κ2) is 7.92. The predicted molar refractivity (Wildman–Crippen MR) is 94.5 cm³/mol. The van der Waals surface area contributed by atoms with Crippen LogP contribution < -0.4 is 0 Å². The van der Waals surface area contributed by atoms with Gasteiger partial charge in [0.15, 0.2) is 0 Å². The molecule has 5 nitrogen and oxygen atoms in total. The summed E-state index contributed by atoms with van der Waals surface area (Å²) in [4.78, 5) is 2.34. The molecule has 24 heavy (non-hydrogen) atoms. The minimum Gasteiger partial charge on any atom is -0.379 e. The van der Waals surface area contributed by atoms with Crippen LogP contribution in [-0.4, -0.2) is 54.7 Å². The van der Waals surface area contributed by atoms with Crippen molar-refractivity contribution in [2.75, 3.05) is 40.0 Å². The van der Waals surface area contributed by atoms with Crippen molar-refractivity contribution in [2.45, 2.75) is 20.4 Å². The van der Waals surface area contributed by atoms with Gasteiger partial charge in [0.05, 0.1) is 37.8 Å². The van der Waals surface area contributed by atoms with Crippen LogP contribution in [0.15, 0.2) is 30.3 Å². The smallest absolute Gasteiger partial charge is 0.0700 e. The molecule has 1 aliphatic heterocycles. The van der Waals surface area contributed by atoms with Crippen LogP contribution in [0, 0.1) is 19.8 Å². The lowest BCUT2D eigenvalue weighted by molar-refractivity contribution is 0.103. The van der Waals surface area contributed by atoms with Crippen molar-refractivity contribution >= 4 is 0 Å². The van der Waals surface area contributed by atoms with Gasteiger partial charge < -0.3 is 14.4 Å². The summed E-state index contributed by atoms with van der Waals surface area (Å²) < 4.78 is 13.2. The molecule has 2 aromatic rings. The highest BCUT2D eigenvalue weighted by Crippen LogP contribution is 2.15. The summed E-state index contributed by atoms with van der Waals surface area (Å²) in [7, 11) is 2.15. The first-order chi connectivity index (χ1) is 11.6. The van der Waals surface area contributed by atoms with Gasteiger partial charge in [-0.05, 0) is 44.7 Å². The van der Waals surface area contributed by atoms with Gasteiger partial charge in [-0.25, -0.2) is 4.68 Å². The fourth-order valence-corrected chi connectivity index (χ4v) is 3.27. The molecule has 0 bridgehead atoms. The third-order valence-electron chi connectivity index (χ3n) is 4.27. The van der Waals surface area contributed by atoms with Gasteiger partial charge in [0.2, 0.25) is 0 Å². The van der Waals surface area contributed by atoms with E-state index in [1.54, 1.807) is 0 Å². The SMILES string of the molecule is Cc1cc(C)n(-c2cccc(CN(C)CC3COCCOC3)c2)n1. The monoisotopic (exact) mass is 329 g/mol. The molecule has 1 aromatic heterocycles. The molecular weight excluding hydrogens is 302 g/mol. The second-order valence-corrected chi connectivity index (χ2v) is 6.72. The lowest BCUT2D eigenvalue weighted by Gasteiger charge is -2.22. The number of nitrogens with zero attached hydrogens (tertiary/aromatic N) is 3. The topological polar surface area (TPSA) is 39.5 Å². The molecule has 1 aliphatic rings. The van der Waals surface area contributed by atoms with Crippen LogP contribution in [0.3, 0.4) is 0 Å². The lowest BCUT2D eigenvalue weighted by atomic mass is 10.1. The Bertz CT molecular complexity index is 660. The Labute approximate surface area is 144 Å². The standard InChI is InChI=1S/C19H27N3O2/c1-15-9-16(2)22(20-15)19-6-4-5-17(10-19)11-21(3)12-18-13-23-7-8-24-14-18/h4-6,9-10,18H,7-8,11-14H2,1-3H3. The molecule has 0 spiro atoms. The minimum atomic E-state index is 0.441. The molecule has 0 atom stereocenters. The van der Waals surface area contributed by atoms with E-state index in [9.17, 15) is 0 Å². The van der Waals surface area contributed by atoms with Crippen LogP contribution in [0.2, 0.25) is 0 Å². The molecule has 5 heteroatoms. The van der Waals surface area contributed by atoms with E-state index in [0.29, 0.717) is 19.1 Å². The summed E-state index contributed by atoms with van der Waals surface area (Å²) in [5.74, 6) is 0.441. The summed E-state index contributed by atoms with van der Waals surface area (Å²) in [5, 5.41) is 4.57. The van der Waals surface area contributed by atoms with Gasteiger partial charge in [0.25, 0.3) is 0 Å². The maximum Gasteiger partial charge on any atom is 0.0700 e. The summed E-state index contributed by atoms with van der Waals surface area (Å²) in [5.41, 5.74) is 4.61. The van der Waals surface area contributed by atoms with Gasteiger partial charge in [-0.1, -0.05) is 12.1 Å². The van der Waals surface area contributed by atoms with E-state index in [2.05, 4.69) is 54.3 Å². The highest BCUT2D eigenvalue weighted by Gasteiger charge is 2.15. The molecule has 2 heterocycles. The molecule has 130 valence electrons. The summed E-state index contributed by atoms with van der Waals surface area (Å²) in [6, 6.07) is 10.7. The highest BCUT2D eigenvalue weighted by molar-refractivity contribution is 5.37. The van der Waals surface area contributed by atoms with Gasteiger partial charge in [-0.3, -0.25) is 0 Å². The number of rotatable bonds is 5. The van der Waals surface area contributed by atoms with Crippen molar-refractivity contribution in [3.63, 3.8) is 0 Å². The molecule has 0 radical (unpaired) electrons. The van der Waals surface area contributed by atoms with Crippen LogP contribution in [0.4, 0.5) is 0 Å². The molecule has 3 rings (SSSR count).